The van der Waals surface area contributed by atoms with E-state index in [4.69, 9.17) is 14.2 Å². The number of benzene rings is 2. The number of methoxy groups -OCH3 is 1. The van der Waals surface area contributed by atoms with Gasteiger partial charge in [0.25, 0.3) is 11.7 Å². The zero-order valence-corrected chi connectivity index (χ0v) is 23.3. The van der Waals surface area contributed by atoms with E-state index in [1.165, 1.54) is 0 Å². The van der Waals surface area contributed by atoms with Gasteiger partial charge in [0.1, 0.15) is 11.5 Å². The molecule has 0 radical (unpaired) electrons. The van der Waals surface area contributed by atoms with E-state index in [1.807, 2.05) is 26.8 Å². The van der Waals surface area contributed by atoms with Gasteiger partial charge in [-0.3, -0.25) is 9.59 Å². The Morgan fingerprint density at radius 2 is 1.71 bits per heavy atom. The van der Waals surface area contributed by atoms with E-state index in [2.05, 4.69) is 18.7 Å². The molecule has 1 aliphatic rings. The first-order chi connectivity index (χ1) is 18.2. The molecule has 0 spiro atoms. The van der Waals surface area contributed by atoms with Crippen molar-refractivity contribution in [1.82, 2.24) is 9.80 Å². The van der Waals surface area contributed by atoms with Gasteiger partial charge in [0, 0.05) is 12.1 Å². The van der Waals surface area contributed by atoms with Crippen LogP contribution in [-0.4, -0.2) is 72.6 Å². The maximum absolute atomic E-state index is 13.4. The van der Waals surface area contributed by atoms with Gasteiger partial charge in [-0.25, -0.2) is 0 Å². The molecule has 38 heavy (non-hydrogen) atoms. The third-order valence-corrected chi connectivity index (χ3v) is 6.61. The number of carbonyl (C=O) groups is 2. The summed E-state index contributed by atoms with van der Waals surface area (Å²) in [5.74, 6) is 0.172. The average molecular weight is 525 g/mol. The van der Waals surface area contributed by atoms with Crippen LogP contribution in [0.15, 0.2) is 48.0 Å². The van der Waals surface area contributed by atoms with Crippen molar-refractivity contribution in [1.29, 1.82) is 0 Å². The number of ether oxygens (including phenoxy) is 3. The van der Waals surface area contributed by atoms with Crippen molar-refractivity contribution in [3.63, 3.8) is 0 Å². The fourth-order valence-corrected chi connectivity index (χ4v) is 4.71. The molecule has 206 valence electrons. The van der Waals surface area contributed by atoms with Crippen LogP contribution in [0.1, 0.15) is 58.2 Å². The number of rotatable bonds is 13. The first-order valence-electron chi connectivity index (χ1n) is 13.3. The van der Waals surface area contributed by atoms with Crippen LogP contribution >= 0.6 is 0 Å². The molecule has 0 unspecified atom stereocenters. The summed E-state index contributed by atoms with van der Waals surface area (Å²) in [6.45, 7) is 13.4. The number of nitrogens with zero attached hydrogens (tertiary/aromatic N) is 2. The van der Waals surface area contributed by atoms with Crippen LogP contribution in [-0.2, 0) is 9.59 Å². The lowest BCUT2D eigenvalue weighted by Crippen LogP contribution is -2.33. The first kappa shape index (κ1) is 29.0. The van der Waals surface area contributed by atoms with Crippen molar-refractivity contribution < 1.29 is 28.9 Å². The van der Waals surface area contributed by atoms with Crippen molar-refractivity contribution in [2.24, 2.45) is 0 Å². The van der Waals surface area contributed by atoms with Crippen LogP contribution in [0.2, 0.25) is 0 Å². The highest BCUT2D eigenvalue weighted by Gasteiger charge is 2.46. The van der Waals surface area contributed by atoms with Gasteiger partial charge in [0.15, 0.2) is 11.5 Å². The second kappa shape index (κ2) is 13.3. The molecule has 1 aliphatic heterocycles. The molecule has 8 heteroatoms. The van der Waals surface area contributed by atoms with Crippen molar-refractivity contribution in [2.75, 3.05) is 39.9 Å². The molecule has 3 rings (SSSR count). The Labute approximate surface area is 225 Å². The van der Waals surface area contributed by atoms with E-state index in [1.54, 1.807) is 48.4 Å². The third kappa shape index (κ3) is 6.48. The molecule has 2 aromatic rings. The Kier molecular flexibility index (Phi) is 10.2. The molecule has 1 N–H and O–H groups in total. The largest absolute Gasteiger partial charge is 0.507 e. The van der Waals surface area contributed by atoms with Gasteiger partial charge in [0.05, 0.1) is 31.4 Å². The molecular weight excluding hydrogens is 484 g/mol. The summed E-state index contributed by atoms with van der Waals surface area (Å²) in [4.78, 5) is 30.5. The van der Waals surface area contributed by atoms with Crippen LogP contribution in [0.5, 0.6) is 17.2 Å². The van der Waals surface area contributed by atoms with Gasteiger partial charge in [-0.1, -0.05) is 19.9 Å². The predicted octanol–water partition coefficient (Wildman–Crippen LogP) is 5.03. The molecule has 0 aliphatic carbocycles. The summed E-state index contributed by atoms with van der Waals surface area (Å²) in [6.07, 6.45) is 0.700. The monoisotopic (exact) mass is 524 g/mol. The molecule has 1 atom stereocenters. The minimum Gasteiger partial charge on any atom is -0.507 e. The fourth-order valence-electron chi connectivity index (χ4n) is 4.71. The van der Waals surface area contributed by atoms with Crippen LogP contribution in [0.3, 0.4) is 0 Å². The maximum atomic E-state index is 13.4. The number of Topliss-reactive ketones (excluding diaryl/α,β-unsaturated/α-hetero) is 1. The van der Waals surface area contributed by atoms with Crippen molar-refractivity contribution in [3.05, 3.63) is 59.2 Å². The van der Waals surface area contributed by atoms with Crippen molar-refractivity contribution in [2.45, 2.75) is 53.2 Å². The van der Waals surface area contributed by atoms with Crippen LogP contribution in [0, 0.1) is 0 Å². The summed E-state index contributed by atoms with van der Waals surface area (Å²) in [5, 5.41) is 11.4. The van der Waals surface area contributed by atoms with E-state index in [9.17, 15) is 14.7 Å². The molecule has 1 heterocycles. The highest BCUT2D eigenvalue weighted by Crippen LogP contribution is 2.42. The summed E-state index contributed by atoms with van der Waals surface area (Å²) in [6, 6.07) is 11.5. The van der Waals surface area contributed by atoms with E-state index >= 15 is 0 Å². The van der Waals surface area contributed by atoms with E-state index in [-0.39, 0.29) is 17.4 Å². The number of aliphatic hydroxyl groups is 1. The Morgan fingerprint density at radius 1 is 1.03 bits per heavy atom. The van der Waals surface area contributed by atoms with Gasteiger partial charge in [0.2, 0.25) is 0 Å². The molecule has 0 aromatic heterocycles. The highest BCUT2D eigenvalue weighted by molar-refractivity contribution is 6.46. The maximum Gasteiger partial charge on any atom is 0.295 e. The lowest BCUT2D eigenvalue weighted by molar-refractivity contribution is -0.140. The van der Waals surface area contributed by atoms with Gasteiger partial charge in [-0.05, 0) is 88.8 Å². The van der Waals surface area contributed by atoms with E-state index in [0.717, 1.165) is 19.6 Å². The zero-order valence-electron chi connectivity index (χ0n) is 23.3. The molecular formula is C30H40N2O6. The molecule has 1 saturated heterocycles. The molecule has 0 bridgehead atoms. The normalized spacial score (nSPS) is 16.9. The zero-order chi connectivity index (χ0) is 27.8. The van der Waals surface area contributed by atoms with Crippen LogP contribution in [0.25, 0.3) is 5.76 Å². The minimum absolute atomic E-state index is 0.00533. The number of hydrogen-bond acceptors (Lipinski definition) is 7. The summed E-state index contributed by atoms with van der Waals surface area (Å²) in [7, 11) is 1.55. The highest BCUT2D eigenvalue weighted by atomic mass is 16.5. The Hall–Kier alpha value is -3.52. The summed E-state index contributed by atoms with van der Waals surface area (Å²) in [5.41, 5.74) is 1.15. The predicted molar refractivity (Wildman–Crippen MR) is 148 cm³/mol. The Morgan fingerprint density at radius 3 is 2.29 bits per heavy atom. The number of amides is 1. The summed E-state index contributed by atoms with van der Waals surface area (Å²) >= 11 is 0. The van der Waals surface area contributed by atoms with Gasteiger partial charge in [-0.15, -0.1) is 0 Å². The standard InChI is InChI=1S/C30H40N2O6/c1-7-31(8-2)17-10-18-32-27(22-13-16-24(37-9-3)25(19-22)36-6)26(29(34)30(32)35)28(33)21-11-14-23(15-12-21)38-20(4)5/h11-16,19-20,27,33H,7-10,17-18H2,1-6H3/t27-/m1/s1. The quantitative estimate of drug-likeness (QED) is 0.223. The average Bonchev–Trinajstić information content (AvgIpc) is 3.16. The van der Waals surface area contributed by atoms with Crippen LogP contribution in [0.4, 0.5) is 0 Å². The van der Waals surface area contributed by atoms with Gasteiger partial charge >= 0.3 is 0 Å². The second-order valence-corrected chi connectivity index (χ2v) is 9.41. The fraction of sp³-hybridized carbons (Fsp3) is 0.467. The lowest BCUT2D eigenvalue weighted by Gasteiger charge is -2.27. The minimum atomic E-state index is -0.761. The van der Waals surface area contributed by atoms with Gasteiger partial charge in [-0.2, -0.15) is 0 Å². The van der Waals surface area contributed by atoms with E-state index in [0.29, 0.717) is 47.9 Å². The van der Waals surface area contributed by atoms with Crippen molar-refractivity contribution in [3.8, 4) is 17.2 Å². The Bertz CT molecular complexity index is 1140. The lowest BCUT2D eigenvalue weighted by atomic mass is 9.95. The first-order valence-corrected chi connectivity index (χ1v) is 13.3. The molecule has 0 saturated carbocycles. The topological polar surface area (TPSA) is 88.5 Å². The van der Waals surface area contributed by atoms with Gasteiger partial charge < -0.3 is 29.1 Å². The smallest absolute Gasteiger partial charge is 0.295 e. The summed E-state index contributed by atoms with van der Waals surface area (Å²) < 4.78 is 16.9. The second-order valence-electron chi connectivity index (χ2n) is 9.41. The SMILES string of the molecule is CCOc1ccc([C@@H]2C(=C(O)c3ccc(OC(C)C)cc3)C(=O)C(=O)N2CCCN(CC)CC)cc1OC. The molecule has 1 amide bonds. The molecule has 1 fully saturated rings. The number of ketones is 1. The van der Waals surface area contributed by atoms with Crippen LogP contribution < -0.4 is 14.2 Å². The number of likely N-dealkylation sites (tertiary alicyclic amines) is 1. The Balaban J connectivity index is 2.06. The number of aliphatic hydroxyl groups excluding tert-OH is 1. The molecule has 2 aromatic carbocycles. The third-order valence-electron chi connectivity index (χ3n) is 6.61. The number of carbonyl (C=O) groups excluding carboxylic acids is 2. The van der Waals surface area contributed by atoms with Crippen molar-refractivity contribution >= 4 is 17.4 Å². The van der Waals surface area contributed by atoms with E-state index < -0.39 is 17.7 Å². The molecule has 8 nitrogen and oxygen atoms in total. The number of hydrogen-bond donors (Lipinski definition) is 1.